The average molecular weight is 312 g/mol. The van der Waals surface area contributed by atoms with Crippen LogP contribution in [0.3, 0.4) is 0 Å². The fourth-order valence-electron chi connectivity index (χ4n) is 2.12. The van der Waals surface area contributed by atoms with Gasteiger partial charge in [-0.25, -0.2) is 4.98 Å². The lowest BCUT2D eigenvalue weighted by atomic mass is 10.2. The Morgan fingerprint density at radius 3 is 2.77 bits per heavy atom. The first-order valence-corrected chi connectivity index (χ1v) is 7.59. The fourth-order valence-corrected chi connectivity index (χ4v) is 3.04. The highest BCUT2D eigenvalue weighted by Crippen LogP contribution is 2.30. The van der Waals surface area contributed by atoms with Crippen LogP contribution in [-0.2, 0) is 0 Å². The van der Waals surface area contributed by atoms with Gasteiger partial charge in [0, 0.05) is 31.0 Å². The zero-order chi connectivity index (χ0) is 15.7. The van der Waals surface area contributed by atoms with Crippen LogP contribution in [0.25, 0.3) is 10.2 Å². The number of carbonyl (C=O) groups excluding carboxylic acids is 1. The van der Waals surface area contributed by atoms with Crippen molar-refractivity contribution >= 4 is 44.0 Å². The highest BCUT2D eigenvalue weighted by molar-refractivity contribution is 7.22. The summed E-state index contributed by atoms with van der Waals surface area (Å²) >= 11 is 1.49. The van der Waals surface area contributed by atoms with Gasteiger partial charge in [0.05, 0.1) is 10.2 Å². The number of aromatic nitrogens is 1. The lowest BCUT2D eigenvalue weighted by Gasteiger charge is -2.13. The molecule has 0 aliphatic heterocycles. The third-order valence-electron chi connectivity index (χ3n) is 3.29. The van der Waals surface area contributed by atoms with Gasteiger partial charge in [0.15, 0.2) is 5.13 Å². The van der Waals surface area contributed by atoms with E-state index in [2.05, 4.69) is 16.4 Å². The standard InChI is InChI=1S/C16H16N4OS/c1-20(2)12-5-3-4-11(9-12)18-16-19-13-7-6-10(15(17)21)8-14(13)22-16/h3-9H,1-2H3,(H2,17,21)(H,18,19). The smallest absolute Gasteiger partial charge is 0.248 e. The predicted octanol–water partition coefficient (Wildman–Crippen LogP) is 3.20. The number of nitrogens with zero attached hydrogens (tertiary/aromatic N) is 2. The van der Waals surface area contributed by atoms with Gasteiger partial charge in [-0.15, -0.1) is 0 Å². The molecule has 0 fully saturated rings. The molecule has 0 spiro atoms. The first kappa shape index (κ1) is 14.3. The Kier molecular flexibility index (Phi) is 3.68. The molecule has 3 N–H and O–H groups in total. The average Bonchev–Trinajstić information content (AvgIpc) is 2.88. The molecule has 0 saturated carbocycles. The molecule has 22 heavy (non-hydrogen) atoms. The highest BCUT2D eigenvalue weighted by Gasteiger charge is 2.08. The van der Waals surface area contributed by atoms with Crippen molar-refractivity contribution in [2.24, 2.45) is 5.73 Å². The summed E-state index contributed by atoms with van der Waals surface area (Å²) in [5.74, 6) is -0.427. The molecule has 5 nitrogen and oxygen atoms in total. The molecule has 0 atom stereocenters. The number of rotatable bonds is 4. The molecule has 1 aromatic heterocycles. The predicted molar refractivity (Wildman–Crippen MR) is 92.2 cm³/mol. The first-order chi connectivity index (χ1) is 10.5. The Labute approximate surface area is 132 Å². The second-order valence-corrected chi connectivity index (χ2v) is 6.17. The summed E-state index contributed by atoms with van der Waals surface area (Å²) in [6.07, 6.45) is 0. The van der Waals surface area contributed by atoms with E-state index in [4.69, 9.17) is 5.73 Å². The van der Waals surface area contributed by atoms with Crippen LogP contribution in [0.5, 0.6) is 0 Å². The van der Waals surface area contributed by atoms with E-state index in [1.165, 1.54) is 11.3 Å². The molecule has 0 bridgehead atoms. The van der Waals surface area contributed by atoms with Crippen LogP contribution in [0.4, 0.5) is 16.5 Å². The molecular weight excluding hydrogens is 296 g/mol. The molecule has 3 rings (SSSR count). The maximum Gasteiger partial charge on any atom is 0.248 e. The largest absolute Gasteiger partial charge is 0.378 e. The number of hydrogen-bond acceptors (Lipinski definition) is 5. The summed E-state index contributed by atoms with van der Waals surface area (Å²) in [5, 5.41) is 4.09. The molecule has 6 heteroatoms. The third kappa shape index (κ3) is 2.87. The summed E-state index contributed by atoms with van der Waals surface area (Å²) in [7, 11) is 4.00. The molecule has 0 radical (unpaired) electrons. The minimum absolute atomic E-state index is 0.427. The molecule has 0 aliphatic carbocycles. The topological polar surface area (TPSA) is 71.2 Å². The number of anilines is 3. The Morgan fingerprint density at radius 1 is 1.23 bits per heavy atom. The van der Waals surface area contributed by atoms with E-state index in [1.54, 1.807) is 12.1 Å². The Hall–Kier alpha value is -2.60. The molecule has 2 aromatic carbocycles. The minimum Gasteiger partial charge on any atom is -0.378 e. The van der Waals surface area contributed by atoms with E-state index in [0.717, 1.165) is 26.7 Å². The second-order valence-electron chi connectivity index (χ2n) is 5.14. The van der Waals surface area contributed by atoms with Gasteiger partial charge in [0.2, 0.25) is 5.91 Å². The molecule has 112 valence electrons. The maximum atomic E-state index is 11.2. The number of primary amides is 1. The van der Waals surface area contributed by atoms with E-state index in [-0.39, 0.29) is 0 Å². The van der Waals surface area contributed by atoms with E-state index < -0.39 is 5.91 Å². The Morgan fingerprint density at radius 2 is 2.05 bits per heavy atom. The van der Waals surface area contributed by atoms with Crippen molar-refractivity contribution in [3.05, 3.63) is 48.0 Å². The van der Waals surface area contributed by atoms with Gasteiger partial charge < -0.3 is 16.0 Å². The molecule has 3 aromatic rings. The molecule has 1 amide bonds. The van der Waals surface area contributed by atoms with Crippen LogP contribution in [0.2, 0.25) is 0 Å². The Bertz CT molecular complexity index is 841. The Balaban J connectivity index is 1.91. The molecule has 0 unspecified atom stereocenters. The van der Waals surface area contributed by atoms with Crippen molar-refractivity contribution in [1.82, 2.24) is 4.98 Å². The third-order valence-corrected chi connectivity index (χ3v) is 4.22. The van der Waals surface area contributed by atoms with Gasteiger partial charge in [0.1, 0.15) is 0 Å². The normalized spacial score (nSPS) is 10.6. The maximum absolute atomic E-state index is 11.2. The quantitative estimate of drug-likeness (QED) is 0.776. The molecular formula is C16H16N4OS. The highest BCUT2D eigenvalue weighted by atomic mass is 32.1. The van der Waals surface area contributed by atoms with Crippen molar-refractivity contribution < 1.29 is 4.79 Å². The number of nitrogens with two attached hydrogens (primary N) is 1. The number of nitrogens with one attached hydrogen (secondary N) is 1. The van der Waals surface area contributed by atoms with E-state index in [9.17, 15) is 4.79 Å². The molecule has 0 saturated heterocycles. The van der Waals surface area contributed by atoms with Crippen molar-refractivity contribution in [3.8, 4) is 0 Å². The van der Waals surface area contributed by atoms with Crippen LogP contribution in [0, 0.1) is 0 Å². The van der Waals surface area contributed by atoms with Crippen LogP contribution in [0.15, 0.2) is 42.5 Å². The van der Waals surface area contributed by atoms with Gasteiger partial charge in [-0.1, -0.05) is 17.4 Å². The summed E-state index contributed by atoms with van der Waals surface area (Å²) in [6, 6.07) is 13.4. The van der Waals surface area contributed by atoms with E-state index >= 15 is 0 Å². The zero-order valence-corrected chi connectivity index (χ0v) is 13.1. The lowest BCUT2D eigenvalue weighted by molar-refractivity contribution is 0.100. The first-order valence-electron chi connectivity index (χ1n) is 6.78. The summed E-state index contributed by atoms with van der Waals surface area (Å²) in [5.41, 5.74) is 8.74. The number of hydrogen-bond donors (Lipinski definition) is 2. The SMILES string of the molecule is CN(C)c1cccc(Nc2nc3ccc(C(N)=O)cc3s2)c1. The van der Waals surface area contributed by atoms with Gasteiger partial charge in [-0.05, 0) is 36.4 Å². The molecule has 1 heterocycles. The van der Waals surface area contributed by atoms with Crippen molar-refractivity contribution in [1.29, 1.82) is 0 Å². The summed E-state index contributed by atoms with van der Waals surface area (Å²) < 4.78 is 0.933. The number of amides is 1. The number of carbonyl (C=O) groups is 1. The number of fused-ring (bicyclic) bond motifs is 1. The van der Waals surface area contributed by atoms with Crippen LogP contribution in [0.1, 0.15) is 10.4 Å². The van der Waals surface area contributed by atoms with E-state index in [0.29, 0.717) is 5.56 Å². The lowest BCUT2D eigenvalue weighted by Crippen LogP contribution is -2.10. The van der Waals surface area contributed by atoms with Crippen molar-refractivity contribution in [2.45, 2.75) is 0 Å². The molecule has 0 aliphatic rings. The van der Waals surface area contributed by atoms with Crippen LogP contribution >= 0.6 is 11.3 Å². The van der Waals surface area contributed by atoms with Gasteiger partial charge in [0.25, 0.3) is 0 Å². The van der Waals surface area contributed by atoms with Crippen molar-refractivity contribution in [2.75, 3.05) is 24.3 Å². The second kappa shape index (κ2) is 5.65. The van der Waals surface area contributed by atoms with Crippen molar-refractivity contribution in [3.63, 3.8) is 0 Å². The number of thiazole rings is 1. The fraction of sp³-hybridized carbons (Fsp3) is 0.125. The van der Waals surface area contributed by atoms with Gasteiger partial charge in [-0.3, -0.25) is 4.79 Å². The van der Waals surface area contributed by atoms with Gasteiger partial charge in [-0.2, -0.15) is 0 Å². The van der Waals surface area contributed by atoms with Crippen LogP contribution < -0.4 is 16.0 Å². The van der Waals surface area contributed by atoms with E-state index in [1.807, 2.05) is 43.3 Å². The minimum atomic E-state index is -0.427. The van der Waals surface area contributed by atoms with Gasteiger partial charge >= 0.3 is 0 Å². The number of benzene rings is 2. The summed E-state index contributed by atoms with van der Waals surface area (Å²) in [6.45, 7) is 0. The monoisotopic (exact) mass is 312 g/mol. The summed E-state index contributed by atoms with van der Waals surface area (Å²) in [4.78, 5) is 17.8. The zero-order valence-electron chi connectivity index (χ0n) is 12.3. The van der Waals surface area contributed by atoms with Crippen LogP contribution in [-0.4, -0.2) is 25.0 Å².